The van der Waals surface area contributed by atoms with Crippen LogP contribution in [0, 0.1) is 0 Å². The normalized spacial score (nSPS) is 10.9. The fraction of sp³-hybridized carbons (Fsp3) is 0.308. The third kappa shape index (κ3) is 1.86. The van der Waals surface area contributed by atoms with Crippen LogP contribution in [0.1, 0.15) is 23.2 Å². The predicted molar refractivity (Wildman–Crippen MR) is 63.6 cm³/mol. The van der Waals surface area contributed by atoms with Gasteiger partial charge in [-0.25, -0.2) is 0 Å². The zero-order valence-corrected chi connectivity index (χ0v) is 9.31. The lowest BCUT2D eigenvalue weighted by Gasteiger charge is -1.97. The predicted octanol–water partition coefficient (Wildman–Crippen LogP) is 2.13. The van der Waals surface area contributed by atoms with E-state index in [2.05, 4.69) is 0 Å². The van der Waals surface area contributed by atoms with Gasteiger partial charge in [-0.15, -0.1) is 0 Å². The first-order valence-corrected chi connectivity index (χ1v) is 5.42. The highest BCUT2D eigenvalue weighted by Gasteiger charge is 2.12. The number of aliphatic hydroxyl groups is 1. The minimum Gasteiger partial charge on any atom is -0.396 e. The molecular weight excluding hydrogens is 202 g/mol. The van der Waals surface area contributed by atoms with Gasteiger partial charge in [-0.2, -0.15) is 0 Å². The number of aliphatic hydroxyl groups excluding tert-OH is 1. The van der Waals surface area contributed by atoms with Crippen molar-refractivity contribution in [2.24, 2.45) is 7.05 Å². The fourth-order valence-electron chi connectivity index (χ4n) is 1.94. The second kappa shape index (κ2) is 4.49. The van der Waals surface area contributed by atoms with Gasteiger partial charge < -0.3 is 9.67 Å². The number of nitrogens with zero attached hydrogens (tertiary/aromatic N) is 1. The summed E-state index contributed by atoms with van der Waals surface area (Å²) in [6, 6.07) is 7.86. The third-order valence-electron chi connectivity index (χ3n) is 2.76. The summed E-state index contributed by atoms with van der Waals surface area (Å²) in [5, 5.41) is 9.72. The molecule has 0 bridgehead atoms. The van der Waals surface area contributed by atoms with E-state index in [-0.39, 0.29) is 12.4 Å². The van der Waals surface area contributed by atoms with Crippen LogP contribution in [0.5, 0.6) is 0 Å². The van der Waals surface area contributed by atoms with Gasteiger partial charge in [0.05, 0.1) is 0 Å². The van der Waals surface area contributed by atoms with Crippen molar-refractivity contribution in [3.05, 3.63) is 36.0 Å². The molecule has 0 spiro atoms. The smallest absolute Gasteiger partial charge is 0.165 e. The molecule has 1 aromatic carbocycles. The van der Waals surface area contributed by atoms with Crippen molar-refractivity contribution in [2.45, 2.75) is 12.8 Å². The topological polar surface area (TPSA) is 42.2 Å². The molecule has 3 heteroatoms. The second-order valence-corrected chi connectivity index (χ2v) is 3.92. The van der Waals surface area contributed by atoms with Crippen molar-refractivity contribution in [2.75, 3.05) is 6.61 Å². The van der Waals surface area contributed by atoms with Crippen LogP contribution in [0.4, 0.5) is 0 Å². The Balaban J connectivity index is 2.41. The maximum Gasteiger partial charge on any atom is 0.165 e. The Morgan fingerprint density at radius 3 is 2.88 bits per heavy atom. The summed E-state index contributed by atoms with van der Waals surface area (Å²) >= 11 is 0. The first kappa shape index (κ1) is 10.9. The van der Waals surface area contributed by atoms with Gasteiger partial charge in [0.15, 0.2) is 5.78 Å². The monoisotopic (exact) mass is 217 g/mol. The Morgan fingerprint density at radius 2 is 2.12 bits per heavy atom. The molecule has 1 N–H and O–H groups in total. The number of benzene rings is 1. The number of hydrogen-bond acceptors (Lipinski definition) is 2. The number of carbonyl (C=O) groups is 1. The summed E-state index contributed by atoms with van der Waals surface area (Å²) < 4.78 is 1.96. The van der Waals surface area contributed by atoms with Crippen molar-refractivity contribution in [1.29, 1.82) is 0 Å². The van der Waals surface area contributed by atoms with Crippen molar-refractivity contribution < 1.29 is 9.90 Å². The number of aromatic nitrogens is 1. The number of para-hydroxylation sites is 1. The SMILES string of the molecule is Cn1cc(C(=O)CCCO)c2ccccc21. The summed E-state index contributed by atoms with van der Waals surface area (Å²) in [6.45, 7) is 0.0660. The highest BCUT2D eigenvalue weighted by atomic mass is 16.3. The van der Waals surface area contributed by atoms with Gasteiger partial charge in [0.25, 0.3) is 0 Å². The van der Waals surface area contributed by atoms with Crippen molar-refractivity contribution in [3.63, 3.8) is 0 Å². The summed E-state index contributed by atoms with van der Waals surface area (Å²) in [4.78, 5) is 11.9. The summed E-state index contributed by atoms with van der Waals surface area (Å²) in [6.07, 6.45) is 2.80. The first-order chi connectivity index (χ1) is 7.74. The number of rotatable bonds is 4. The second-order valence-electron chi connectivity index (χ2n) is 3.92. The van der Waals surface area contributed by atoms with Gasteiger partial charge in [0, 0.05) is 42.7 Å². The minimum absolute atomic E-state index is 0.0660. The van der Waals surface area contributed by atoms with Crippen LogP contribution in [-0.2, 0) is 7.05 Å². The van der Waals surface area contributed by atoms with E-state index in [0.717, 1.165) is 16.5 Å². The molecule has 0 unspecified atom stereocenters. The standard InChI is InChI=1S/C13H15NO2/c1-14-9-11(13(16)7-4-8-15)10-5-2-3-6-12(10)14/h2-3,5-6,9,15H,4,7-8H2,1H3. The largest absolute Gasteiger partial charge is 0.396 e. The van der Waals surface area contributed by atoms with Crippen LogP contribution in [0.25, 0.3) is 10.9 Å². The molecule has 84 valence electrons. The van der Waals surface area contributed by atoms with Gasteiger partial charge in [-0.1, -0.05) is 18.2 Å². The molecule has 0 aliphatic rings. The Kier molecular flexibility index (Phi) is 3.06. The van der Waals surface area contributed by atoms with Gasteiger partial charge >= 0.3 is 0 Å². The highest BCUT2D eigenvalue weighted by molar-refractivity contribution is 6.08. The average Bonchev–Trinajstić information content (AvgIpc) is 2.65. The van der Waals surface area contributed by atoms with E-state index in [4.69, 9.17) is 5.11 Å². The quantitative estimate of drug-likeness (QED) is 0.797. The van der Waals surface area contributed by atoms with Crippen LogP contribution in [-0.4, -0.2) is 22.1 Å². The molecule has 2 rings (SSSR count). The number of aryl methyl sites for hydroxylation is 1. The molecule has 0 fully saturated rings. The maximum atomic E-state index is 11.9. The first-order valence-electron chi connectivity index (χ1n) is 5.42. The van der Waals surface area contributed by atoms with Crippen LogP contribution in [0.3, 0.4) is 0 Å². The zero-order valence-electron chi connectivity index (χ0n) is 9.31. The number of Topliss-reactive ketones (excluding diaryl/α,β-unsaturated/α-hetero) is 1. The summed E-state index contributed by atoms with van der Waals surface area (Å²) in [5.41, 5.74) is 1.82. The van der Waals surface area contributed by atoms with E-state index >= 15 is 0 Å². The zero-order chi connectivity index (χ0) is 11.5. The molecule has 0 atom stereocenters. The molecule has 0 radical (unpaired) electrons. The van der Waals surface area contributed by atoms with Crippen LogP contribution >= 0.6 is 0 Å². The molecule has 0 aliphatic carbocycles. The van der Waals surface area contributed by atoms with Crippen LogP contribution in [0.2, 0.25) is 0 Å². The van der Waals surface area contributed by atoms with E-state index in [0.29, 0.717) is 12.8 Å². The molecule has 0 saturated carbocycles. The molecular formula is C13H15NO2. The number of ketones is 1. The van der Waals surface area contributed by atoms with Gasteiger partial charge in [-0.05, 0) is 12.5 Å². The number of fused-ring (bicyclic) bond motifs is 1. The Hall–Kier alpha value is -1.61. The lowest BCUT2D eigenvalue weighted by molar-refractivity contribution is 0.0972. The average molecular weight is 217 g/mol. The van der Waals surface area contributed by atoms with Crippen LogP contribution in [0.15, 0.2) is 30.5 Å². The molecule has 0 saturated heterocycles. The van der Waals surface area contributed by atoms with Gasteiger partial charge in [0.2, 0.25) is 0 Å². The highest BCUT2D eigenvalue weighted by Crippen LogP contribution is 2.21. The Morgan fingerprint density at radius 1 is 1.38 bits per heavy atom. The lowest BCUT2D eigenvalue weighted by Crippen LogP contribution is -1.99. The molecule has 2 aromatic rings. The summed E-state index contributed by atoms with van der Waals surface area (Å²) in [7, 11) is 1.94. The van der Waals surface area contributed by atoms with E-state index in [9.17, 15) is 4.79 Å². The van der Waals surface area contributed by atoms with E-state index < -0.39 is 0 Å². The Bertz CT molecular complexity index is 514. The van der Waals surface area contributed by atoms with E-state index in [1.54, 1.807) is 0 Å². The number of carbonyl (C=O) groups excluding carboxylic acids is 1. The third-order valence-corrected chi connectivity index (χ3v) is 2.76. The fourth-order valence-corrected chi connectivity index (χ4v) is 1.94. The molecule has 16 heavy (non-hydrogen) atoms. The molecule has 1 aromatic heterocycles. The van der Waals surface area contributed by atoms with Gasteiger partial charge in [-0.3, -0.25) is 4.79 Å². The minimum atomic E-state index is 0.0660. The van der Waals surface area contributed by atoms with Crippen molar-refractivity contribution in [1.82, 2.24) is 4.57 Å². The molecule has 0 aliphatic heterocycles. The van der Waals surface area contributed by atoms with E-state index in [1.807, 2.05) is 42.1 Å². The van der Waals surface area contributed by atoms with Crippen LogP contribution < -0.4 is 0 Å². The Labute approximate surface area is 94.3 Å². The van der Waals surface area contributed by atoms with Crippen molar-refractivity contribution >= 4 is 16.7 Å². The molecule has 0 amide bonds. The van der Waals surface area contributed by atoms with E-state index in [1.165, 1.54) is 0 Å². The number of hydrogen-bond donors (Lipinski definition) is 1. The molecule has 3 nitrogen and oxygen atoms in total. The lowest BCUT2D eigenvalue weighted by atomic mass is 10.1. The van der Waals surface area contributed by atoms with Gasteiger partial charge in [0.1, 0.15) is 0 Å². The molecule has 1 heterocycles. The maximum absolute atomic E-state index is 11.9. The van der Waals surface area contributed by atoms with Crippen molar-refractivity contribution in [3.8, 4) is 0 Å². The summed E-state index contributed by atoms with van der Waals surface area (Å²) in [5.74, 6) is 0.103.